The number of carbonyl (C=O) groups is 1. The number of benzene rings is 1. The number of hydrogen-bond donors (Lipinski definition) is 1. The third kappa shape index (κ3) is 1.72. The van der Waals surface area contributed by atoms with E-state index in [1.807, 2.05) is 0 Å². The van der Waals surface area contributed by atoms with Crippen molar-refractivity contribution in [3.63, 3.8) is 0 Å². The first kappa shape index (κ1) is 12.0. The molecule has 17 heavy (non-hydrogen) atoms. The lowest BCUT2D eigenvalue weighted by atomic mass is 9.64. The maximum absolute atomic E-state index is 13.7. The van der Waals surface area contributed by atoms with Gasteiger partial charge in [-0.15, -0.1) is 0 Å². The van der Waals surface area contributed by atoms with Crippen LogP contribution in [0.3, 0.4) is 0 Å². The van der Waals surface area contributed by atoms with E-state index in [-0.39, 0.29) is 5.56 Å². The van der Waals surface area contributed by atoms with Crippen LogP contribution in [-0.2, 0) is 16.6 Å². The fourth-order valence-corrected chi connectivity index (χ4v) is 2.36. The number of aryl methyl sites for hydroxylation is 1. The summed E-state index contributed by atoms with van der Waals surface area (Å²) in [6, 6.07) is 2.18. The summed E-state index contributed by atoms with van der Waals surface area (Å²) in [4.78, 5) is 11.3. The summed E-state index contributed by atoms with van der Waals surface area (Å²) < 4.78 is 27.1. The van der Waals surface area contributed by atoms with Gasteiger partial charge in [0.15, 0.2) is 0 Å². The van der Waals surface area contributed by atoms with Gasteiger partial charge in [0, 0.05) is 11.6 Å². The number of rotatable bonds is 3. The highest BCUT2D eigenvalue weighted by atomic mass is 19.1. The first-order valence-electron chi connectivity index (χ1n) is 5.73. The minimum Gasteiger partial charge on any atom is -0.481 e. The highest BCUT2D eigenvalue weighted by Crippen LogP contribution is 2.45. The molecule has 0 aromatic heterocycles. The molecule has 1 saturated carbocycles. The summed E-state index contributed by atoms with van der Waals surface area (Å²) in [5.74, 6) is -2.37. The Kier molecular flexibility index (Phi) is 2.89. The summed E-state index contributed by atoms with van der Waals surface area (Å²) >= 11 is 0. The van der Waals surface area contributed by atoms with Crippen LogP contribution >= 0.6 is 0 Å². The van der Waals surface area contributed by atoms with Crippen molar-refractivity contribution >= 4 is 5.97 Å². The molecule has 1 aliphatic rings. The van der Waals surface area contributed by atoms with E-state index in [1.165, 1.54) is 6.07 Å². The minimum atomic E-state index is -1.14. The van der Waals surface area contributed by atoms with Gasteiger partial charge in [-0.25, -0.2) is 8.78 Å². The Labute approximate surface area is 98.3 Å². The standard InChI is InChI=1S/C13H14F2O2/c1-2-8-6-9(11(15)7-10(8)14)13(12(16)17)4-3-5-13/h6-7H,2-5H2,1H3,(H,16,17). The molecule has 2 rings (SSSR count). The molecule has 1 aliphatic carbocycles. The van der Waals surface area contributed by atoms with E-state index in [0.717, 1.165) is 12.5 Å². The summed E-state index contributed by atoms with van der Waals surface area (Å²) in [6.45, 7) is 1.76. The number of carboxylic acid groups (broad SMARTS) is 1. The summed E-state index contributed by atoms with van der Waals surface area (Å²) in [7, 11) is 0. The number of hydrogen-bond acceptors (Lipinski definition) is 1. The van der Waals surface area contributed by atoms with Gasteiger partial charge in [0.05, 0.1) is 5.41 Å². The molecule has 0 bridgehead atoms. The molecule has 0 unspecified atom stereocenters. The van der Waals surface area contributed by atoms with Crippen LogP contribution in [0.4, 0.5) is 8.78 Å². The molecule has 0 radical (unpaired) electrons. The van der Waals surface area contributed by atoms with Crippen molar-refractivity contribution in [2.45, 2.75) is 38.0 Å². The highest BCUT2D eigenvalue weighted by molar-refractivity contribution is 5.82. The second kappa shape index (κ2) is 4.09. The van der Waals surface area contributed by atoms with Gasteiger partial charge in [-0.05, 0) is 30.9 Å². The van der Waals surface area contributed by atoms with Crippen LogP contribution in [-0.4, -0.2) is 11.1 Å². The van der Waals surface area contributed by atoms with Crippen LogP contribution in [0.15, 0.2) is 12.1 Å². The monoisotopic (exact) mass is 240 g/mol. The van der Waals surface area contributed by atoms with E-state index in [2.05, 4.69) is 0 Å². The largest absolute Gasteiger partial charge is 0.481 e. The second-order valence-corrected chi connectivity index (χ2v) is 4.52. The zero-order valence-electron chi connectivity index (χ0n) is 9.59. The Balaban J connectivity index is 2.54. The third-order valence-electron chi connectivity index (χ3n) is 3.65. The summed E-state index contributed by atoms with van der Waals surface area (Å²) in [5, 5.41) is 9.23. The molecule has 0 amide bonds. The molecule has 1 aromatic carbocycles. The van der Waals surface area contributed by atoms with E-state index in [0.29, 0.717) is 24.8 Å². The van der Waals surface area contributed by atoms with Crippen molar-refractivity contribution in [3.8, 4) is 0 Å². The van der Waals surface area contributed by atoms with E-state index in [1.54, 1.807) is 6.92 Å². The van der Waals surface area contributed by atoms with E-state index in [9.17, 15) is 18.7 Å². The van der Waals surface area contributed by atoms with Crippen molar-refractivity contribution in [2.24, 2.45) is 0 Å². The van der Waals surface area contributed by atoms with Crippen LogP contribution in [0.25, 0.3) is 0 Å². The predicted octanol–water partition coefficient (Wildman–Crippen LogP) is 3.03. The second-order valence-electron chi connectivity index (χ2n) is 4.52. The molecule has 1 aromatic rings. The van der Waals surface area contributed by atoms with Gasteiger partial charge in [0.2, 0.25) is 0 Å². The Morgan fingerprint density at radius 2 is 2.00 bits per heavy atom. The first-order chi connectivity index (χ1) is 8.01. The average Bonchev–Trinajstić information content (AvgIpc) is 2.18. The molecule has 0 spiro atoms. The molecule has 0 atom stereocenters. The topological polar surface area (TPSA) is 37.3 Å². The predicted molar refractivity (Wildman–Crippen MR) is 58.9 cm³/mol. The van der Waals surface area contributed by atoms with Crippen molar-refractivity contribution in [1.82, 2.24) is 0 Å². The van der Waals surface area contributed by atoms with Crippen LogP contribution in [0.5, 0.6) is 0 Å². The summed E-state index contributed by atoms with van der Waals surface area (Å²) in [6.07, 6.45) is 2.04. The van der Waals surface area contributed by atoms with Gasteiger partial charge in [0.25, 0.3) is 0 Å². The van der Waals surface area contributed by atoms with Crippen LogP contribution in [0, 0.1) is 11.6 Å². The zero-order valence-corrected chi connectivity index (χ0v) is 9.59. The molecule has 4 heteroatoms. The smallest absolute Gasteiger partial charge is 0.314 e. The molecule has 0 aliphatic heterocycles. The first-order valence-corrected chi connectivity index (χ1v) is 5.73. The summed E-state index contributed by atoms with van der Waals surface area (Å²) in [5.41, 5.74) is -0.634. The molecular weight excluding hydrogens is 226 g/mol. The fourth-order valence-electron chi connectivity index (χ4n) is 2.36. The maximum Gasteiger partial charge on any atom is 0.314 e. The van der Waals surface area contributed by atoms with E-state index in [4.69, 9.17) is 0 Å². The SMILES string of the molecule is CCc1cc(C2(C(=O)O)CCC2)c(F)cc1F. The average molecular weight is 240 g/mol. The van der Waals surface area contributed by atoms with Crippen LogP contribution in [0.1, 0.15) is 37.3 Å². The highest BCUT2D eigenvalue weighted by Gasteiger charge is 2.47. The minimum absolute atomic E-state index is 0.134. The van der Waals surface area contributed by atoms with Gasteiger partial charge < -0.3 is 5.11 Å². The van der Waals surface area contributed by atoms with Crippen LogP contribution < -0.4 is 0 Å². The molecule has 92 valence electrons. The molecule has 1 fully saturated rings. The Hall–Kier alpha value is -1.45. The van der Waals surface area contributed by atoms with Gasteiger partial charge in [0.1, 0.15) is 11.6 Å². The number of carboxylic acids is 1. The van der Waals surface area contributed by atoms with Crippen molar-refractivity contribution in [1.29, 1.82) is 0 Å². The van der Waals surface area contributed by atoms with Gasteiger partial charge in [-0.3, -0.25) is 4.79 Å². The van der Waals surface area contributed by atoms with Gasteiger partial charge in [-0.2, -0.15) is 0 Å². The molecule has 2 nitrogen and oxygen atoms in total. The van der Waals surface area contributed by atoms with Gasteiger partial charge >= 0.3 is 5.97 Å². The Bertz CT molecular complexity index is 465. The molecule has 0 heterocycles. The van der Waals surface area contributed by atoms with E-state index >= 15 is 0 Å². The fraction of sp³-hybridized carbons (Fsp3) is 0.462. The normalized spacial score (nSPS) is 17.6. The van der Waals surface area contributed by atoms with Crippen molar-refractivity contribution in [3.05, 3.63) is 34.9 Å². The van der Waals surface area contributed by atoms with Crippen molar-refractivity contribution in [2.75, 3.05) is 0 Å². The lowest BCUT2D eigenvalue weighted by Crippen LogP contribution is -2.43. The quantitative estimate of drug-likeness (QED) is 0.881. The molecule has 1 N–H and O–H groups in total. The van der Waals surface area contributed by atoms with Gasteiger partial charge in [-0.1, -0.05) is 13.3 Å². The van der Waals surface area contributed by atoms with Crippen molar-refractivity contribution < 1.29 is 18.7 Å². The zero-order chi connectivity index (χ0) is 12.6. The number of halogens is 2. The van der Waals surface area contributed by atoms with E-state index < -0.39 is 23.0 Å². The lowest BCUT2D eigenvalue weighted by molar-refractivity contribution is -0.147. The third-order valence-corrected chi connectivity index (χ3v) is 3.65. The molecule has 0 saturated heterocycles. The van der Waals surface area contributed by atoms with Crippen LogP contribution in [0.2, 0.25) is 0 Å². The molecular formula is C13H14F2O2. The Morgan fingerprint density at radius 1 is 1.35 bits per heavy atom. The lowest BCUT2D eigenvalue weighted by Gasteiger charge is -2.38. The maximum atomic E-state index is 13.7. The Morgan fingerprint density at radius 3 is 2.41 bits per heavy atom. The number of aliphatic carboxylic acids is 1.